The molecule has 1 aromatic rings. The van der Waals surface area contributed by atoms with E-state index in [9.17, 15) is 8.42 Å². The standard InChI is InChI=1S/C15H26N2O2S/c1-10(2)9-17(11(3)4)20(18,19)15-13(6)8-7-12(5)14(15)16/h7-8,10-11H,9,16H2,1-6H3. The second-order valence-corrected chi connectivity index (χ2v) is 7.83. The lowest BCUT2D eigenvalue weighted by Crippen LogP contribution is -2.40. The Balaban J connectivity index is 3.45. The Hall–Kier alpha value is -1.07. The molecule has 1 aromatic carbocycles. The van der Waals surface area contributed by atoms with E-state index >= 15 is 0 Å². The predicted octanol–water partition coefficient (Wildman–Crippen LogP) is 2.94. The maximum atomic E-state index is 12.9. The number of nitrogen functional groups attached to an aromatic ring is 1. The molecule has 0 aliphatic rings. The third-order valence-corrected chi connectivity index (χ3v) is 5.54. The van der Waals surface area contributed by atoms with Gasteiger partial charge in [-0.3, -0.25) is 0 Å². The highest BCUT2D eigenvalue weighted by atomic mass is 32.2. The van der Waals surface area contributed by atoms with E-state index < -0.39 is 10.0 Å². The number of sulfonamides is 1. The first-order valence-corrected chi connectivity index (χ1v) is 8.40. The quantitative estimate of drug-likeness (QED) is 0.850. The van der Waals surface area contributed by atoms with Gasteiger partial charge in [-0.2, -0.15) is 4.31 Å². The van der Waals surface area contributed by atoms with Gasteiger partial charge in [-0.15, -0.1) is 0 Å². The van der Waals surface area contributed by atoms with Gasteiger partial charge in [-0.25, -0.2) is 8.42 Å². The molecule has 0 unspecified atom stereocenters. The summed E-state index contributed by atoms with van der Waals surface area (Å²) in [5, 5.41) is 0. The second kappa shape index (κ2) is 6.14. The second-order valence-electron chi connectivity index (χ2n) is 6.00. The van der Waals surface area contributed by atoms with Crippen LogP contribution in [0.25, 0.3) is 0 Å². The summed E-state index contributed by atoms with van der Waals surface area (Å²) in [4.78, 5) is 0.256. The van der Waals surface area contributed by atoms with Crippen molar-refractivity contribution in [3.05, 3.63) is 23.3 Å². The summed E-state index contributed by atoms with van der Waals surface area (Å²) in [5.74, 6) is 0.263. The summed E-state index contributed by atoms with van der Waals surface area (Å²) in [6.07, 6.45) is 0. The van der Waals surface area contributed by atoms with E-state index in [0.717, 1.165) is 5.56 Å². The molecule has 2 N–H and O–H groups in total. The van der Waals surface area contributed by atoms with Crippen LogP contribution in [0.15, 0.2) is 17.0 Å². The Morgan fingerprint density at radius 1 is 1.10 bits per heavy atom. The summed E-state index contributed by atoms with van der Waals surface area (Å²) in [7, 11) is -3.57. The number of nitrogens with zero attached hydrogens (tertiary/aromatic N) is 1. The molecule has 0 atom stereocenters. The maximum absolute atomic E-state index is 12.9. The van der Waals surface area contributed by atoms with E-state index in [-0.39, 0.29) is 16.9 Å². The molecule has 0 heterocycles. The van der Waals surface area contributed by atoms with Gasteiger partial charge in [-0.05, 0) is 44.7 Å². The van der Waals surface area contributed by atoms with Crippen molar-refractivity contribution >= 4 is 15.7 Å². The van der Waals surface area contributed by atoms with E-state index in [1.54, 1.807) is 6.92 Å². The Morgan fingerprint density at radius 2 is 1.60 bits per heavy atom. The maximum Gasteiger partial charge on any atom is 0.245 e. The molecule has 0 saturated carbocycles. The molecule has 20 heavy (non-hydrogen) atoms. The SMILES string of the molecule is Cc1ccc(C)c(S(=O)(=O)N(CC(C)C)C(C)C)c1N. The first kappa shape index (κ1) is 17.0. The molecule has 0 spiro atoms. The fraction of sp³-hybridized carbons (Fsp3) is 0.600. The molecule has 1 rings (SSSR count). The van der Waals surface area contributed by atoms with E-state index in [1.165, 1.54) is 4.31 Å². The third-order valence-electron chi connectivity index (χ3n) is 3.30. The lowest BCUT2D eigenvalue weighted by Gasteiger charge is -2.29. The van der Waals surface area contributed by atoms with Crippen LogP contribution in [0.5, 0.6) is 0 Å². The molecular weight excluding hydrogens is 272 g/mol. The molecule has 0 bridgehead atoms. The van der Waals surface area contributed by atoms with E-state index in [0.29, 0.717) is 17.8 Å². The van der Waals surface area contributed by atoms with Crippen molar-refractivity contribution in [2.45, 2.75) is 52.5 Å². The van der Waals surface area contributed by atoms with Crippen molar-refractivity contribution in [1.82, 2.24) is 4.31 Å². The highest BCUT2D eigenvalue weighted by Gasteiger charge is 2.31. The minimum Gasteiger partial charge on any atom is -0.397 e. The van der Waals surface area contributed by atoms with Crippen molar-refractivity contribution in [3.8, 4) is 0 Å². The number of hydrogen-bond donors (Lipinski definition) is 1. The lowest BCUT2D eigenvalue weighted by atomic mass is 10.1. The molecule has 0 aliphatic heterocycles. The van der Waals surface area contributed by atoms with E-state index in [2.05, 4.69) is 0 Å². The van der Waals surface area contributed by atoms with Crippen LogP contribution in [0.4, 0.5) is 5.69 Å². The number of rotatable bonds is 5. The largest absolute Gasteiger partial charge is 0.397 e. The zero-order valence-corrected chi connectivity index (χ0v) is 14.1. The Morgan fingerprint density at radius 3 is 2.05 bits per heavy atom. The van der Waals surface area contributed by atoms with Crippen molar-refractivity contribution in [1.29, 1.82) is 0 Å². The van der Waals surface area contributed by atoms with Gasteiger partial charge in [0.15, 0.2) is 0 Å². The Labute approximate surface area is 123 Å². The predicted molar refractivity (Wildman–Crippen MR) is 84.2 cm³/mol. The monoisotopic (exact) mass is 298 g/mol. The highest BCUT2D eigenvalue weighted by molar-refractivity contribution is 7.89. The van der Waals surface area contributed by atoms with Gasteiger partial charge in [0.05, 0.1) is 5.69 Å². The zero-order chi connectivity index (χ0) is 15.7. The molecule has 4 nitrogen and oxygen atoms in total. The molecule has 0 fully saturated rings. The van der Waals surface area contributed by atoms with Gasteiger partial charge < -0.3 is 5.73 Å². The minimum absolute atomic E-state index is 0.0956. The van der Waals surface area contributed by atoms with Crippen LogP contribution in [0.3, 0.4) is 0 Å². The normalized spacial score (nSPS) is 12.7. The van der Waals surface area contributed by atoms with Crippen LogP contribution in [-0.2, 0) is 10.0 Å². The summed E-state index contributed by atoms with van der Waals surface area (Å²) in [5.41, 5.74) is 7.88. The number of nitrogens with two attached hydrogens (primary N) is 1. The fourth-order valence-electron chi connectivity index (χ4n) is 2.21. The molecule has 0 radical (unpaired) electrons. The van der Waals surface area contributed by atoms with Gasteiger partial charge in [0.1, 0.15) is 4.90 Å². The minimum atomic E-state index is -3.57. The molecule has 114 valence electrons. The Kier molecular flexibility index (Phi) is 5.21. The number of aryl methyl sites for hydroxylation is 2. The Bertz CT molecular complexity index is 578. The van der Waals surface area contributed by atoms with Gasteiger partial charge in [-0.1, -0.05) is 26.0 Å². The van der Waals surface area contributed by atoms with Crippen molar-refractivity contribution in [3.63, 3.8) is 0 Å². The highest BCUT2D eigenvalue weighted by Crippen LogP contribution is 2.30. The first-order chi connectivity index (χ1) is 9.09. The van der Waals surface area contributed by atoms with Crippen LogP contribution in [0, 0.1) is 19.8 Å². The van der Waals surface area contributed by atoms with Gasteiger partial charge in [0.2, 0.25) is 10.0 Å². The smallest absolute Gasteiger partial charge is 0.245 e. The molecule has 0 aromatic heterocycles. The van der Waals surface area contributed by atoms with Crippen LogP contribution < -0.4 is 5.73 Å². The van der Waals surface area contributed by atoms with Crippen molar-refractivity contribution in [2.75, 3.05) is 12.3 Å². The van der Waals surface area contributed by atoms with Gasteiger partial charge >= 0.3 is 0 Å². The number of benzene rings is 1. The van der Waals surface area contributed by atoms with Crippen LogP contribution in [0.1, 0.15) is 38.8 Å². The zero-order valence-electron chi connectivity index (χ0n) is 13.3. The summed E-state index contributed by atoms with van der Waals surface area (Å²) in [6.45, 7) is 11.9. The average molecular weight is 298 g/mol. The molecule has 5 heteroatoms. The van der Waals surface area contributed by atoms with Crippen LogP contribution in [-0.4, -0.2) is 25.3 Å². The first-order valence-electron chi connectivity index (χ1n) is 6.96. The third kappa shape index (κ3) is 3.33. The van der Waals surface area contributed by atoms with Crippen LogP contribution in [0.2, 0.25) is 0 Å². The average Bonchev–Trinajstić information content (AvgIpc) is 2.30. The summed E-state index contributed by atoms with van der Waals surface area (Å²) < 4.78 is 27.4. The fourth-order valence-corrected chi connectivity index (χ4v) is 4.41. The topological polar surface area (TPSA) is 63.4 Å². The van der Waals surface area contributed by atoms with E-state index in [4.69, 9.17) is 5.73 Å². The van der Waals surface area contributed by atoms with Crippen molar-refractivity contribution in [2.24, 2.45) is 5.92 Å². The molecule has 0 saturated heterocycles. The van der Waals surface area contributed by atoms with E-state index in [1.807, 2.05) is 46.8 Å². The molecular formula is C15H26N2O2S. The lowest BCUT2D eigenvalue weighted by molar-refractivity contribution is 0.319. The number of hydrogen-bond acceptors (Lipinski definition) is 3. The van der Waals surface area contributed by atoms with Gasteiger partial charge in [0, 0.05) is 12.6 Å². The van der Waals surface area contributed by atoms with Gasteiger partial charge in [0.25, 0.3) is 0 Å². The summed E-state index contributed by atoms with van der Waals surface area (Å²) >= 11 is 0. The molecule has 0 aliphatic carbocycles. The van der Waals surface area contributed by atoms with Crippen molar-refractivity contribution < 1.29 is 8.42 Å². The molecule has 0 amide bonds. The number of anilines is 1. The summed E-state index contributed by atoms with van der Waals surface area (Å²) in [6, 6.07) is 3.57. The van der Waals surface area contributed by atoms with Crippen LogP contribution >= 0.6 is 0 Å².